The van der Waals surface area contributed by atoms with E-state index in [1.54, 1.807) is 5.37 Å². The van der Waals surface area contributed by atoms with Gasteiger partial charge in [-0.15, -0.1) is 0 Å². The van der Waals surface area contributed by atoms with E-state index in [1.165, 1.54) is 12.2 Å². The van der Waals surface area contributed by atoms with Gasteiger partial charge >= 0.3 is 0 Å². The van der Waals surface area contributed by atoms with Crippen molar-refractivity contribution in [3.8, 4) is 0 Å². The second kappa shape index (κ2) is 6.44. The minimum absolute atomic E-state index is 1.09. The summed E-state index contributed by atoms with van der Waals surface area (Å²) >= 11 is 6.51. The molecule has 0 rings (SSSR count). The molecule has 0 nitrogen and oxygen atoms in total. The van der Waals surface area contributed by atoms with Crippen LogP contribution in [0, 0.1) is 0 Å². The molecule has 0 fully saturated rings. The van der Waals surface area contributed by atoms with E-state index in [2.05, 4.69) is 18.5 Å². The molecule has 0 N–H and O–H groups in total. The van der Waals surface area contributed by atoms with Crippen molar-refractivity contribution in [1.29, 1.82) is 0 Å². The molecule has 0 spiro atoms. The lowest BCUT2D eigenvalue weighted by Gasteiger charge is -1.87. The summed E-state index contributed by atoms with van der Waals surface area (Å²) in [5, 5.41) is 1.80. The van der Waals surface area contributed by atoms with E-state index >= 15 is 0 Å². The van der Waals surface area contributed by atoms with Gasteiger partial charge in [-0.2, -0.15) is 11.8 Å². The Morgan fingerprint density at radius 1 is 1.71 bits per heavy atom. The van der Waals surface area contributed by atoms with Crippen LogP contribution in [-0.4, -0.2) is 17.4 Å². The van der Waals surface area contributed by atoms with Gasteiger partial charge in [0, 0.05) is 0 Å². The molecule has 0 bridgehead atoms. The van der Waals surface area contributed by atoms with E-state index in [1.807, 2.05) is 11.8 Å². The van der Waals surface area contributed by atoms with Gasteiger partial charge in [0.15, 0.2) is 0 Å². The molecule has 0 aromatic rings. The number of unbranched alkanes of at least 4 members (excludes halogenated alkanes) is 1. The maximum Gasteiger partial charge on any atom is -0.00671 e. The monoisotopic (exact) mass is 134 g/mol. The molecule has 0 aromatic carbocycles. The van der Waals surface area contributed by atoms with Gasteiger partial charge in [0.2, 0.25) is 0 Å². The lowest BCUT2D eigenvalue weighted by Crippen LogP contribution is -1.76. The molecule has 0 unspecified atom stereocenters. The highest BCUT2D eigenvalue weighted by Gasteiger charge is 1.78. The van der Waals surface area contributed by atoms with Crippen molar-refractivity contribution < 1.29 is 0 Å². The van der Waals surface area contributed by atoms with Gasteiger partial charge in [-0.1, -0.05) is 12.2 Å². The number of thioether (sulfide) groups is 1. The summed E-state index contributed by atoms with van der Waals surface area (Å²) in [6.45, 7) is 0. The lowest BCUT2D eigenvalue weighted by molar-refractivity contribution is 1.03. The molecule has 0 aliphatic carbocycles. The van der Waals surface area contributed by atoms with Gasteiger partial charge in [0.1, 0.15) is 0 Å². The zero-order valence-electron chi connectivity index (χ0n) is 4.52. The standard InChI is InChI=1S/C5H10S2/c1-7-5-3-2-4-6/h4H,2-3,5H2,1H3. The molecule has 2 heteroatoms. The van der Waals surface area contributed by atoms with Crippen LogP contribution in [0.2, 0.25) is 0 Å². The average Bonchev–Trinajstić information content (AvgIpc) is 1.69. The van der Waals surface area contributed by atoms with Gasteiger partial charge in [0.05, 0.1) is 0 Å². The van der Waals surface area contributed by atoms with Crippen molar-refractivity contribution in [2.45, 2.75) is 12.8 Å². The molecule has 0 heterocycles. The average molecular weight is 134 g/mol. The van der Waals surface area contributed by atoms with Crippen LogP contribution in [0.1, 0.15) is 12.8 Å². The van der Waals surface area contributed by atoms with E-state index in [4.69, 9.17) is 0 Å². The summed E-state index contributed by atoms with van der Waals surface area (Å²) < 4.78 is 0. The van der Waals surface area contributed by atoms with E-state index in [9.17, 15) is 0 Å². The number of thiocarbonyl (C=S) groups is 1. The second-order valence-electron chi connectivity index (χ2n) is 1.30. The third kappa shape index (κ3) is 6.44. The molecular formula is C5H10S2. The number of hydrogen-bond donors (Lipinski definition) is 0. The molecule has 0 saturated carbocycles. The van der Waals surface area contributed by atoms with Crippen LogP contribution >= 0.6 is 24.0 Å². The molecule has 0 saturated heterocycles. The fraction of sp³-hybridized carbons (Fsp3) is 0.800. The second-order valence-corrected chi connectivity index (χ2v) is 2.62. The van der Waals surface area contributed by atoms with Crippen LogP contribution in [0.5, 0.6) is 0 Å². The van der Waals surface area contributed by atoms with Crippen LogP contribution < -0.4 is 0 Å². The quantitative estimate of drug-likeness (QED) is 0.427. The summed E-state index contributed by atoms with van der Waals surface area (Å²) in [7, 11) is 0. The molecule has 0 aliphatic rings. The van der Waals surface area contributed by atoms with E-state index in [-0.39, 0.29) is 0 Å². The van der Waals surface area contributed by atoms with Crippen LogP contribution in [0.3, 0.4) is 0 Å². The topological polar surface area (TPSA) is 0 Å². The highest BCUT2D eigenvalue weighted by molar-refractivity contribution is 7.98. The Balaban J connectivity index is 2.56. The summed E-state index contributed by atoms with van der Waals surface area (Å²) in [5.74, 6) is 1.24. The van der Waals surface area contributed by atoms with Gasteiger partial charge in [-0.05, 0) is 30.2 Å². The van der Waals surface area contributed by atoms with Crippen LogP contribution in [-0.2, 0) is 0 Å². The molecule has 0 aromatic heterocycles. The van der Waals surface area contributed by atoms with Crippen LogP contribution in [0.25, 0.3) is 0 Å². The molecule has 42 valence electrons. The summed E-state index contributed by atoms with van der Waals surface area (Å²) in [6, 6.07) is 0. The van der Waals surface area contributed by atoms with Gasteiger partial charge in [-0.3, -0.25) is 0 Å². The summed E-state index contributed by atoms with van der Waals surface area (Å²) in [6.07, 6.45) is 4.45. The van der Waals surface area contributed by atoms with Crippen molar-refractivity contribution in [3.63, 3.8) is 0 Å². The smallest absolute Gasteiger partial charge is 0.00671 e. The Morgan fingerprint density at radius 3 is 2.86 bits per heavy atom. The number of hydrogen-bond acceptors (Lipinski definition) is 2. The Bertz CT molecular complexity index is 43.3. The number of rotatable bonds is 4. The van der Waals surface area contributed by atoms with Crippen molar-refractivity contribution >= 4 is 29.3 Å². The van der Waals surface area contributed by atoms with Gasteiger partial charge in [0.25, 0.3) is 0 Å². The van der Waals surface area contributed by atoms with E-state index in [0.717, 1.165) is 6.42 Å². The first-order chi connectivity index (χ1) is 3.41. The zero-order chi connectivity index (χ0) is 5.54. The molecular weight excluding hydrogens is 124 g/mol. The summed E-state index contributed by atoms with van der Waals surface area (Å²) in [5.41, 5.74) is 0. The Kier molecular flexibility index (Phi) is 6.84. The molecule has 0 atom stereocenters. The Morgan fingerprint density at radius 2 is 2.43 bits per heavy atom. The van der Waals surface area contributed by atoms with Crippen molar-refractivity contribution in [2.24, 2.45) is 0 Å². The van der Waals surface area contributed by atoms with Crippen molar-refractivity contribution in [2.75, 3.05) is 12.0 Å². The molecule has 0 aliphatic heterocycles. The maximum absolute atomic E-state index is 4.63. The lowest BCUT2D eigenvalue weighted by atomic mass is 10.4. The third-order valence-electron chi connectivity index (χ3n) is 0.670. The van der Waals surface area contributed by atoms with Crippen LogP contribution in [0.4, 0.5) is 0 Å². The van der Waals surface area contributed by atoms with Crippen molar-refractivity contribution in [1.82, 2.24) is 0 Å². The van der Waals surface area contributed by atoms with Crippen LogP contribution in [0.15, 0.2) is 0 Å². The normalized spacial score (nSPS) is 8.71. The highest BCUT2D eigenvalue weighted by Crippen LogP contribution is 1.96. The largest absolute Gasteiger partial charge is 0.165 e. The minimum Gasteiger partial charge on any atom is -0.165 e. The van der Waals surface area contributed by atoms with Crippen molar-refractivity contribution in [3.05, 3.63) is 0 Å². The fourth-order valence-electron chi connectivity index (χ4n) is 0.311. The van der Waals surface area contributed by atoms with Gasteiger partial charge < -0.3 is 0 Å². The molecule has 0 amide bonds. The first kappa shape index (κ1) is 7.44. The molecule has 7 heavy (non-hydrogen) atoms. The van der Waals surface area contributed by atoms with E-state index < -0.39 is 0 Å². The predicted molar refractivity (Wildman–Crippen MR) is 41.3 cm³/mol. The highest BCUT2D eigenvalue weighted by atomic mass is 32.2. The van der Waals surface area contributed by atoms with E-state index in [0.29, 0.717) is 0 Å². The Labute approximate surface area is 54.7 Å². The maximum atomic E-state index is 4.63. The van der Waals surface area contributed by atoms with Gasteiger partial charge in [-0.25, -0.2) is 0 Å². The zero-order valence-corrected chi connectivity index (χ0v) is 6.15. The first-order valence-corrected chi connectivity index (χ1v) is 4.21. The minimum atomic E-state index is 1.09. The Hall–Kier alpha value is 0.440. The fourth-order valence-corrected chi connectivity index (χ4v) is 0.933. The SMILES string of the molecule is CSCCCC=S. The third-order valence-corrected chi connectivity index (χ3v) is 1.60. The molecule has 0 radical (unpaired) electrons. The first-order valence-electron chi connectivity index (χ1n) is 2.34. The summed E-state index contributed by atoms with van der Waals surface area (Å²) in [4.78, 5) is 0. The predicted octanol–water partition coefficient (Wildman–Crippen LogP) is 2.13.